The standard InChI is InChI=1S/C30H33FO4.C28H32O4/c1-18-19(2)28-24(21(4)27(18)32)13-14-30(5,35-28)15-16-34-29(33)20(3)23-11-12-25(26(31)17-23)22-9-7-6-8-10-22;1-16-7-8-23-14-21(9-10-22(23)13-16)19(4)27(30)31-12-11-28(6)15-24-20(5)25(29)17(2)18(3)26(24)32-28/h6-12,17,20,32H,13-16H2,1-5H3;7-10,13-14,19,29H,11-12,15H2,1-6H3. The van der Waals surface area contributed by atoms with Crippen molar-refractivity contribution in [3.05, 3.63) is 152 Å². The molecule has 352 valence electrons. The zero-order valence-electron chi connectivity index (χ0n) is 40.9. The first-order valence-electron chi connectivity index (χ1n) is 23.4. The van der Waals surface area contributed by atoms with Crippen molar-refractivity contribution >= 4 is 22.7 Å². The highest BCUT2D eigenvalue weighted by atomic mass is 19.1. The Bertz CT molecular complexity index is 2810. The van der Waals surface area contributed by atoms with Crippen molar-refractivity contribution in [2.24, 2.45) is 0 Å². The SMILES string of the molecule is Cc1c(C)c2c(c(C)c1O)CCC(C)(CCOC(=O)C(C)c1ccc(-c3ccccc3)c(F)c1)O2.Cc1ccc2cc(C(C)C(=O)OCCC3(C)Cc4c(C)c(O)c(C)c(C)c4O3)ccc2c1. The molecule has 2 N–H and O–H groups in total. The third-order valence-corrected chi connectivity index (χ3v) is 14.4. The van der Waals surface area contributed by atoms with Gasteiger partial charge in [0.25, 0.3) is 0 Å². The number of hydrogen-bond acceptors (Lipinski definition) is 8. The van der Waals surface area contributed by atoms with Crippen molar-refractivity contribution in [1.29, 1.82) is 0 Å². The fraction of sp³-hybridized carbons (Fsp3) is 0.379. The highest BCUT2D eigenvalue weighted by Gasteiger charge is 2.39. The zero-order valence-corrected chi connectivity index (χ0v) is 40.9. The Morgan fingerprint density at radius 1 is 0.627 bits per heavy atom. The maximum Gasteiger partial charge on any atom is 0.313 e. The first kappa shape index (κ1) is 48.6. The molecule has 2 aliphatic rings. The summed E-state index contributed by atoms with van der Waals surface area (Å²) in [5.41, 5.74) is 10.6. The molecule has 9 heteroatoms. The van der Waals surface area contributed by atoms with Gasteiger partial charge >= 0.3 is 11.9 Å². The number of phenolic OH excluding ortho intramolecular Hbond substituents is 2. The normalized spacial score (nSPS) is 18.1. The third kappa shape index (κ3) is 10.2. The summed E-state index contributed by atoms with van der Waals surface area (Å²) in [5, 5.41) is 23.1. The third-order valence-electron chi connectivity index (χ3n) is 14.4. The fourth-order valence-electron chi connectivity index (χ4n) is 9.35. The summed E-state index contributed by atoms with van der Waals surface area (Å²) in [6, 6.07) is 26.7. The summed E-state index contributed by atoms with van der Waals surface area (Å²) >= 11 is 0. The van der Waals surface area contributed by atoms with Gasteiger partial charge in [-0.2, -0.15) is 0 Å². The first-order chi connectivity index (χ1) is 31.7. The molecule has 6 aromatic carbocycles. The molecule has 2 heterocycles. The average molecular weight is 909 g/mol. The molecule has 0 aliphatic carbocycles. The first-order valence-corrected chi connectivity index (χ1v) is 23.4. The van der Waals surface area contributed by atoms with E-state index in [1.165, 1.54) is 17.0 Å². The predicted molar refractivity (Wildman–Crippen MR) is 263 cm³/mol. The predicted octanol–water partition coefficient (Wildman–Crippen LogP) is 13.2. The van der Waals surface area contributed by atoms with Gasteiger partial charge in [0, 0.05) is 36.0 Å². The number of aryl methyl sites for hydroxylation is 1. The van der Waals surface area contributed by atoms with E-state index in [1.807, 2.05) is 98.7 Å². The van der Waals surface area contributed by atoms with Crippen LogP contribution in [0.3, 0.4) is 0 Å². The van der Waals surface area contributed by atoms with Crippen molar-refractivity contribution < 1.29 is 43.1 Å². The summed E-state index contributed by atoms with van der Waals surface area (Å²) < 4.78 is 38.7. The highest BCUT2D eigenvalue weighted by Crippen LogP contribution is 2.47. The van der Waals surface area contributed by atoms with Crippen molar-refractivity contribution in [1.82, 2.24) is 0 Å². The van der Waals surface area contributed by atoms with E-state index in [0.29, 0.717) is 48.5 Å². The summed E-state index contributed by atoms with van der Waals surface area (Å²) in [4.78, 5) is 25.5. The lowest BCUT2D eigenvalue weighted by molar-refractivity contribution is -0.147. The second kappa shape index (κ2) is 19.5. The number of carbonyl (C=O) groups is 2. The molecule has 0 bridgehead atoms. The van der Waals surface area contributed by atoms with Crippen LogP contribution in [0.2, 0.25) is 0 Å². The van der Waals surface area contributed by atoms with Gasteiger partial charge in [-0.3, -0.25) is 9.59 Å². The Labute approximate surface area is 395 Å². The molecule has 2 aliphatic heterocycles. The number of aromatic hydroxyl groups is 2. The Hall–Kier alpha value is -6.35. The molecule has 0 saturated heterocycles. The highest BCUT2D eigenvalue weighted by molar-refractivity contribution is 5.86. The van der Waals surface area contributed by atoms with Crippen molar-refractivity contribution in [3.63, 3.8) is 0 Å². The molecule has 4 atom stereocenters. The average Bonchev–Trinajstić information content (AvgIpc) is 3.68. The lowest BCUT2D eigenvalue weighted by Gasteiger charge is -2.38. The quantitative estimate of drug-likeness (QED) is 0.124. The lowest BCUT2D eigenvalue weighted by Crippen LogP contribution is -2.38. The van der Waals surface area contributed by atoms with Gasteiger partial charge in [-0.25, -0.2) is 4.39 Å². The molecular weight excluding hydrogens is 844 g/mol. The van der Waals surface area contributed by atoms with Gasteiger partial charge < -0.3 is 29.2 Å². The Kier molecular flexibility index (Phi) is 14.1. The summed E-state index contributed by atoms with van der Waals surface area (Å²) in [5.74, 6) is 0.504. The molecule has 67 heavy (non-hydrogen) atoms. The van der Waals surface area contributed by atoms with Gasteiger partial charge in [0.2, 0.25) is 0 Å². The molecule has 8 nitrogen and oxygen atoms in total. The topological polar surface area (TPSA) is 112 Å². The smallest absolute Gasteiger partial charge is 0.313 e. The number of ether oxygens (including phenoxy) is 4. The van der Waals surface area contributed by atoms with Crippen LogP contribution < -0.4 is 9.47 Å². The maximum atomic E-state index is 14.8. The molecule has 0 radical (unpaired) electrons. The number of rotatable bonds is 11. The van der Waals surface area contributed by atoms with Gasteiger partial charge in [0.05, 0.1) is 25.0 Å². The van der Waals surface area contributed by atoms with E-state index in [9.17, 15) is 24.2 Å². The summed E-state index contributed by atoms with van der Waals surface area (Å²) in [7, 11) is 0. The van der Waals surface area contributed by atoms with Crippen LogP contribution >= 0.6 is 0 Å². The minimum absolute atomic E-state index is 0.217. The number of hydrogen-bond donors (Lipinski definition) is 2. The Morgan fingerprint density at radius 2 is 1.13 bits per heavy atom. The van der Waals surface area contributed by atoms with Crippen LogP contribution in [0.1, 0.15) is 120 Å². The summed E-state index contributed by atoms with van der Waals surface area (Å²) in [6.07, 6.45) is 3.40. The van der Waals surface area contributed by atoms with E-state index in [4.69, 9.17) is 18.9 Å². The minimum Gasteiger partial charge on any atom is -0.507 e. The van der Waals surface area contributed by atoms with Crippen LogP contribution in [0.5, 0.6) is 23.0 Å². The van der Waals surface area contributed by atoms with E-state index in [-0.39, 0.29) is 30.3 Å². The summed E-state index contributed by atoms with van der Waals surface area (Å²) in [6.45, 7) is 21.9. The molecule has 4 unspecified atom stereocenters. The molecule has 8 rings (SSSR count). The van der Waals surface area contributed by atoms with Gasteiger partial charge in [0.1, 0.15) is 40.0 Å². The van der Waals surface area contributed by atoms with Gasteiger partial charge in [-0.05, 0) is 156 Å². The number of benzene rings is 6. The minimum atomic E-state index is -0.578. The number of phenols is 2. The van der Waals surface area contributed by atoms with Gasteiger partial charge in [-0.15, -0.1) is 0 Å². The second-order valence-corrected chi connectivity index (χ2v) is 19.3. The molecular formula is C58H65FO8. The number of esters is 2. The second-order valence-electron chi connectivity index (χ2n) is 19.3. The van der Waals surface area contributed by atoms with Crippen molar-refractivity contribution in [2.45, 2.75) is 131 Å². The molecule has 0 saturated carbocycles. The van der Waals surface area contributed by atoms with E-state index in [1.54, 1.807) is 19.1 Å². The Balaban J connectivity index is 0.000000200. The van der Waals surface area contributed by atoms with Gasteiger partial charge in [0.15, 0.2) is 0 Å². The van der Waals surface area contributed by atoms with E-state index in [0.717, 1.165) is 85.4 Å². The van der Waals surface area contributed by atoms with E-state index >= 15 is 0 Å². The van der Waals surface area contributed by atoms with Gasteiger partial charge in [-0.1, -0.05) is 84.4 Å². The fourth-order valence-corrected chi connectivity index (χ4v) is 9.35. The molecule has 0 amide bonds. The van der Waals surface area contributed by atoms with Crippen molar-refractivity contribution in [2.75, 3.05) is 13.2 Å². The molecule has 0 spiro atoms. The largest absolute Gasteiger partial charge is 0.507 e. The van der Waals surface area contributed by atoms with Crippen LogP contribution in [0.25, 0.3) is 21.9 Å². The number of fused-ring (bicyclic) bond motifs is 3. The van der Waals surface area contributed by atoms with Crippen LogP contribution in [0, 0.1) is 54.3 Å². The molecule has 6 aromatic rings. The van der Waals surface area contributed by atoms with Crippen LogP contribution in [0.4, 0.5) is 4.39 Å². The lowest BCUT2D eigenvalue weighted by atomic mass is 9.86. The van der Waals surface area contributed by atoms with E-state index < -0.39 is 17.1 Å². The molecule has 0 aromatic heterocycles. The van der Waals surface area contributed by atoms with E-state index in [2.05, 4.69) is 37.3 Å². The monoisotopic (exact) mass is 908 g/mol. The van der Waals surface area contributed by atoms with Crippen LogP contribution in [-0.4, -0.2) is 46.6 Å². The van der Waals surface area contributed by atoms with Crippen LogP contribution in [-0.2, 0) is 31.9 Å². The molecule has 0 fully saturated rings. The Morgan fingerprint density at radius 3 is 1.75 bits per heavy atom. The van der Waals surface area contributed by atoms with Crippen LogP contribution in [0.15, 0.2) is 84.9 Å². The number of carbonyl (C=O) groups excluding carboxylic acids is 2. The maximum absolute atomic E-state index is 14.8. The number of halogens is 1. The van der Waals surface area contributed by atoms with Crippen molar-refractivity contribution in [3.8, 4) is 34.1 Å². The zero-order chi connectivity index (χ0) is 48.5.